The monoisotopic (exact) mass is 352 g/mol. The van der Waals surface area contributed by atoms with Crippen molar-refractivity contribution in [2.75, 3.05) is 31.1 Å². The van der Waals surface area contributed by atoms with E-state index in [0.29, 0.717) is 11.6 Å². The number of carbonyl (C=O) groups is 1. The van der Waals surface area contributed by atoms with Gasteiger partial charge in [-0.05, 0) is 50.6 Å². The molecule has 2 aliphatic rings. The van der Waals surface area contributed by atoms with Crippen LogP contribution in [0.1, 0.15) is 36.0 Å². The number of hydrogen-bond donors (Lipinski definition) is 1. The maximum Gasteiger partial charge on any atom is 0.337 e. The predicted molar refractivity (Wildman–Crippen MR) is 87.1 cm³/mol. The maximum atomic E-state index is 11.5. The smallest absolute Gasteiger partial charge is 0.337 e. The Kier molecular flexibility index (Phi) is 4.50. The highest BCUT2D eigenvalue weighted by atomic mass is 79.9. The highest BCUT2D eigenvalue weighted by Gasteiger charge is 2.30. The van der Waals surface area contributed by atoms with Crippen molar-refractivity contribution in [1.29, 1.82) is 0 Å². The van der Waals surface area contributed by atoms with Crippen LogP contribution in [0.4, 0.5) is 5.69 Å². The van der Waals surface area contributed by atoms with Gasteiger partial charge in [-0.15, -0.1) is 0 Å². The third-order valence-corrected chi connectivity index (χ3v) is 5.09. The SMILES string of the molecule is O=C(O)c1cc(Br)ccc1N1CCC(N2CCCCC2)C1. The number of likely N-dealkylation sites (tertiary alicyclic amines) is 1. The van der Waals surface area contributed by atoms with E-state index < -0.39 is 5.97 Å². The summed E-state index contributed by atoms with van der Waals surface area (Å²) in [7, 11) is 0. The average molecular weight is 353 g/mol. The van der Waals surface area contributed by atoms with Crippen molar-refractivity contribution < 1.29 is 9.90 Å². The number of benzene rings is 1. The number of nitrogens with zero attached hydrogens (tertiary/aromatic N) is 2. The molecule has 2 fully saturated rings. The molecular weight excluding hydrogens is 332 g/mol. The van der Waals surface area contributed by atoms with Crippen LogP contribution in [0.25, 0.3) is 0 Å². The molecule has 1 unspecified atom stereocenters. The number of aromatic carboxylic acids is 1. The van der Waals surface area contributed by atoms with E-state index in [1.807, 2.05) is 12.1 Å². The van der Waals surface area contributed by atoms with E-state index in [1.165, 1.54) is 32.4 Å². The van der Waals surface area contributed by atoms with Gasteiger partial charge in [-0.2, -0.15) is 0 Å². The minimum absolute atomic E-state index is 0.392. The number of halogens is 1. The standard InChI is InChI=1S/C16H21BrN2O2/c17-12-4-5-15(14(10-12)16(20)21)19-9-6-13(11-19)18-7-2-1-3-8-18/h4-5,10,13H,1-3,6-9,11H2,(H,20,21). The van der Waals surface area contributed by atoms with Crippen molar-refractivity contribution in [3.63, 3.8) is 0 Å². The predicted octanol–water partition coefficient (Wildman–Crippen LogP) is 3.21. The van der Waals surface area contributed by atoms with Gasteiger partial charge in [-0.1, -0.05) is 22.4 Å². The largest absolute Gasteiger partial charge is 0.478 e. The molecule has 21 heavy (non-hydrogen) atoms. The summed E-state index contributed by atoms with van der Waals surface area (Å²) in [5.41, 5.74) is 1.24. The summed E-state index contributed by atoms with van der Waals surface area (Å²) >= 11 is 3.36. The Hall–Kier alpha value is -1.07. The molecule has 0 spiro atoms. The van der Waals surface area contributed by atoms with Crippen molar-refractivity contribution in [1.82, 2.24) is 4.90 Å². The average Bonchev–Trinajstić information content (AvgIpc) is 2.97. The first kappa shape index (κ1) is 14.9. The van der Waals surface area contributed by atoms with Crippen LogP contribution in [0.5, 0.6) is 0 Å². The van der Waals surface area contributed by atoms with Crippen LogP contribution in [0.3, 0.4) is 0 Å². The Morgan fingerprint density at radius 3 is 2.67 bits per heavy atom. The van der Waals surface area contributed by atoms with Gasteiger partial charge in [0.1, 0.15) is 0 Å². The summed E-state index contributed by atoms with van der Waals surface area (Å²) in [5.74, 6) is -0.854. The second-order valence-electron chi connectivity index (χ2n) is 5.95. The molecule has 0 bridgehead atoms. The molecule has 2 saturated heterocycles. The topological polar surface area (TPSA) is 43.8 Å². The lowest BCUT2D eigenvalue weighted by Crippen LogP contribution is -2.41. The molecule has 5 heteroatoms. The number of carboxylic acids is 1. The lowest BCUT2D eigenvalue weighted by molar-refractivity contribution is 0.0697. The van der Waals surface area contributed by atoms with E-state index >= 15 is 0 Å². The Balaban J connectivity index is 1.75. The van der Waals surface area contributed by atoms with Gasteiger partial charge in [-0.3, -0.25) is 4.90 Å². The molecule has 3 rings (SSSR count). The first-order valence-electron chi connectivity index (χ1n) is 7.67. The molecule has 0 radical (unpaired) electrons. The minimum atomic E-state index is -0.854. The van der Waals surface area contributed by atoms with Gasteiger partial charge < -0.3 is 10.0 Å². The zero-order valence-electron chi connectivity index (χ0n) is 12.1. The van der Waals surface area contributed by atoms with Crippen molar-refractivity contribution in [2.45, 2.75) is 31.7 Å². The van der Waals surface area contributed by atoms with Crippen LogP contribution in [-0.2, 0) is 0 Å². The summed E-state index contributed by atoms with van der Waals surface area (Å²) in [6.07, 6.45) is 5.09. The molecule has 0 aromatic heterocycles. The molecule has 1 N–H and O–H groups in total. The number of rotatable bonds is 3. The first-order chi connectivity index (χ1) is 10.1. The third-order valence-electron chi connectivity index (χ3n) is 4.60. The second-order valence-corrected chi connectivity index (χ2v) is 6.87. The molecule has 0 amide bonds. The van der Waals surface area contributed by atoms with E-state index in [2.05, 4.69) is 25.7 Å². The molecule has 0 aliphatic carbocycles. The van der Waals surface area contributed by atoms with Crippen LogP contribution in [0.15, 0.2) is 22.7 Å². The fourth-order valence-electron chi connectivity index (χ4n) is 3.50. The summed E-state index contributed by atoms with van der Waals surface area (Å²) < 4.78 is 0.815. The molecular formula is C16H21BrN2O2. The van der Waals surface area contributed by atoms with Crippen LogP contribution in [0, 0.1) is 0 Å². The zero-order valence-corrected chi connectivity index (χ0v) is 13.7. The second kappa shape index (κ2) is 6.36. The highest BCUT2D eigenvalue weighted by Crippen LogP contribution is 2.29. The van der Waals surface area contributed by atoms with Crippen LogP contribution >= 0.6 is 15.9 Å². The fraction of sp³-hybridized carbons (Fsp3) is 0.562. The number of carboxylic acid groups (broad SMARTS) is 1. The van der Waals surface area contributed by atoms with Gasteiger partial charge in [0, 0.05) is 23.6 Å². The Morgan fingerprint density at radius 2 is 1.95 bits per heavy atom. The van der Waals surface area contributed by atoms with Gasteiger partial charge in [-0.25, -0.2) is 4.79 Å². The fourth-order valence-corrected chi connectivity index (χ4v) is 3.86. The molecule has 114 valence electrons. The van der Waals surface area contributed by atoms with E-state index in [1.54, 1.807) is 6.07 Å². The molecule has 1 aromatic rings. The maximum absolute atomic E-state index is 11.5. The quantitative estimate of drug-likeness (QED) is 0.906. The Bertz CT molecular complexity index is 529. The normalized spacial score (nSPS) is 23.5. The summed E-state index contributed by atoms with van der Waals surface area (Å²) in [6, 6.07) is 6.13. The van der Waals surface area contributed by atoms with E-state index in [9.17, 15) is 9.90 Å². The lowest BCUT2D eigenvalue weighted by Gasteiger charge is -2.32. The Labute approximate surface area is 133 Å². The third kappa shape index (κ3) is 3.24. The van der Waals surface area contributed by atoms with Gasteiger partial charge in [0.05, 0.1) is 11.3 Å². The summed E-state index contributed by atoms with van der Waals surface area (Å²) in [5, 5.41) is 9.41. The molecule has 1 aromatic carbocycles. The Morgan fingerprint density at radius 1 is 1.19 bits per heavy atom. The van der Waals surface area contributed by atoms with E-state index in [0.717, 1.165) is 29.7 Å². The van der Waals surface area contributed by atoms with Crippen molar-refractivity contribution >= 4 is 27.6 Å². The van der Waals surface area contributed by atoms with E-state index in [4.69, 9.17) is 0 Å². The van der Waals surface area contributed by atoms with Crippen LogP contribution in [0.2, 0.25) is 0 Å². The molecule has 2 heterocycles. The number of piperidine rings is 1. The van der Waals surface area contributed by atoms with Crippen molar-refractivity contribution in [3.05, 3.63) is 28.2 Å². The van der Waals surface area contributed by atoms with Crippen LogP contribution in [-0.4, -0.2) is 48.2 Å². The highest BCUT2D eigenvalue weighted by molar-refractivity contribution is 9.10. The summed E-state index contributed by atoms with van der Waals surface area (Å²) in [4.78, 5) is 16.3. The zero-order chi connectivity index (χ0) is 14.8. The first-order valence-corrected chi connectivity index (χ1v) is 8.46. The van der Waals surface area contributed by atoms with Crippen LogP contribution < -0.4 is 4.90 Å². The van der Waals surface area contributed by atoms with Gasteiger partial charge in [0.25, 0.3) is 0 Å². The molecule has 4 nitrogen and oxygen atoms in total. The number of hydrogen-bond acceptors (Lipinski definition) is 3. The van der Waals surface area contributed by atoms with Crippen molar-refractivity contribution in [3.8, 4) is 0 Å². The lowest BCUT2D eigenvalue weighted by atomic mass is 10.1. The van der Waals surface area contributed by atoms with Gasteiger partial charge >= 0.3 is 5.97 Å². The minimum Gasteiger partial charge on any atom is -0.478 e. The molecule has 1 atom stereocenters. The van der Waals surface area contributed by atoms with Gasteiger partial charge in [0.2, 0.25) is 0 Å². The van der Waals surface area contributed by atoms with Gasteiger partial charge in [0.15, 0.2) is 0 Å². The number of anilines is 1. The van der Waals surface area contributed by atoms with E-state index in [-0.39, 0.29) is 0 Å². The molecule has 0 saturated carbocycles. The summed E-state index contributed by atoms with van der Waals surface area (Å²) in [6.45, 7) is 4.29. The molecule has 2 aliphatic heterocycles. The van der Waals surface area contributed by atoms with Crippen molar-refractivity contribution in [2.24, 2.45) is 0 Å².